The summed E-state index contributed by atoms with van der Waals surface area (Å²) in [5.74, 6) is -3.54. The van der Waals surface area contributed by atoms with E-state index < -0.39 is 29.7 Å². The van der Waals surface area contributed by atoms with Gasteiger partial charge in [0.05, 0.1) is 0 Å². The fourth-order valence-corrected chi connectivity index (χ4v) is 3.23. The SMILES string of the molecule is C=CC(=O)Oc1ccc(-c2ccc(OC(=O)CCc3ccc(OC(=O)C=C)c(OC(=O)C=C)c3)c(F)c2)cc1. The van der Waals surface area contributed by atoms with Crippen LogP contribution in [0, 0.1) is 5.82 Å². The van der Waals surface area contributed by atoms with E-state index in [9.17, 15) is 23.6 Å². The number of carbonyl (C=O) groups is 4. The van der Waals surface area contributed by atoms with Crippen molar-refractivity contribution in [2.45, 2.75) is 12.8 Å². The van der Waals surface area contributed by atoms with Crippen molar-refractivity contribution in [2.75, 3.05) is 0 Å². The lowest BCUT2D eigenvalue weighted by Gasteiger charge is -2.11. The van der Waals surface area contributed by atoms with Crippen molar-refractivity contribution in [3.63, 3.8) is 0 Å². The van der Waals surface area contributed by atoms with E-state index in [1.165, 1.54) is 24.3 Å². The Morgan fingerprint density at radius 1 is 0.641 bits per heavy atom. The summed E-state index contributed by atoms with van der Waals surface area (Å²) < 4.78 is 35.0. The van der Waals surface area contributed by atoms with Crippen LogP contribution in [0.2, 0.25) is 0 Å². The second-order valence-corrected chi connectivity index (χ2v) is 7.80. The van der Waals surface area contributed by atoms with Crippen molar-refractivity contribution in [3.8, 4) is 34.1 Å². The Kier molecular flexibility index (Phi) is 9.64. The Labute approximate surface area is 223 Å². The number of esters is 4. The molecule has 0 aliphatic carbocycles. The smallest absolute Gasteiger partial charge is 0.335 e. The Morgan fingerprint density at radius 2 is 1.21 bits per heavy atom. The standard InChI is InChI=1S/C30H23FO8/c1-4-27(32)36-22-12-9-20(10-13-22)21-11-15-24(23(31)18-21)37-30(35)16-8-19-7-14-25(38-28(33)5-2)26(17-19)39-29(34)6-3/h4-7,9-15,17-18H,1-3,8,16H2. The van der Waals surface area contributed by atoms with Crippen molar-refractivity contribution in [2.24, 2.45) is 0 Å². The molecule has 0 atom stereocenters. The molecule has 0 spiro atoms. The molecule has 3 rings (SSSR count). The zero-order valence-corrected chi connectivity index (χ0v) is 20.7. The summed E-state index contributed by atoms with van der Waals surface area (Å²) in [5.41, 5.74) is 1.74. The molecule has 3 aromatic carbocycles. The van der Waals surface area contributed by atoms with Crippen molar-refractivity contribution < 1.29 is 42.5 Å². The third-order valence-electron chi connectivity index (χ3n) is 5.11. The number of halogens is 1. The molecule has 0 N–H and O–H groups in total. The molecule has 39 heavy (non-hydrogen) atoms. The maximum atomic E-state index is 14.7. The lowest BCUT2D eigenvalue weighted by Crippen LogP contribution is -2.11. The number of hydrogen-bond donors (Lipinski definition) is 0. The van der Waals surface area contributed by atoms with Gasteiger partial charge in [-0.15, -0.1) is 0 Å². The minimum atomic E-state index is -0.770. The maximum Gasteiger partial charge on any atom is 0.335 e. The van der Waals surface area contributed by atoms with Crippen LogP contribution in [0.1, 0.15) is 12.0 Å². The van der Waals surface area contributed by atoms with E-state index in [4.69, 9.17) is 18.9 Å². The largest absolute Gasteiger partial charge is 0.423 e. The minimum Gasteiger partial charge on any atom is -0.423 e. The highest BCUT2D eigenvalue weighted by Gasteiger charge is 2.15. The van der Waals surface area contributed by atoms with E-state index in [-0.39, 0.29) is 30.1 Å². The number of rotatable bonds is 11. The maximum absolute atomic E-state index is 14.7. The topological polar surface area (TPSA) is 105 Å². The molecule has 0 unspecified atom stereocenters. The van der Waals surface area contributed by atoms with E-state index in [0.29, 0.717) is 22.4 Å². The van der Waals surface area contributed by atoms with Crippen LogP contribution in [0.15, 0.2) is 98.6 Å². The molecule has 0 aliphatic rings. The van der Waals surface area contributed by atoms with Crippen molar-refractivity contribution in [1.82, 2.24) is 0 Å². The van der Waals surface area contributed by atoms with Gasteiger partial charge in [-0.2, -0.15) is 0 Å². The normalized spacial score (nSPS) is 10.1. The van der Waals surface area contributed by atoms with Gasteiger partial charge < -0.3 is 18.9 Å². The van der Waals surface area contributed by atoms with Gasteiger partial charge in [-0.05, 0) is 59.5 Å². The highest BCUT2D eigenvalue weighted by Crippen LogP contribution is 2.30. The first-order valence-electron chi connectivity index (χ1n) is 11.5. The number of ether oxygens (including phenoxy) is 4. The number of benzene rings is 3. The van der Waals surface area contributed by atoms with Gasteiger partial charge in [0.15, 0.2) is 23.1 Å². The summed E-state index contributed by atoms with van der Waals surface area (Å²) in [5, 5.41) is 0. The quantitative estimate of drug-likeness (QED) is 0.187. The second kappa shape index (κ2) is 13.3. The highest BCUT2D eigenvalue weighted by molar-refractivity contribution is 5.86. The second-order valence-electron chi connectivity index (χ2n) is 7.80. The molecule has 9 heteroatoms. The third kappa shape index (κ3) is 8.09. The first-order valence-corrected chi connectivity index (χ1v) is 11.5. The van der Waals surface area contributed by atoms with Gasteiger partial charge in [0.25, 0.3) is 0 Å². The first kappa shape index (κ1) is 28.3. The van der Waals surface area contributed by atoms with Gasteiger partial charge in [0.1, 0.15) is 5.75 Å². The van der Waals surface area contributed by atoms with Crippen molar-refractivity contribution in [1.29, 1.82) is 0 Å². The van der Waals surface area contributed by atoms with Crippen molar-refractivity contribution in [3.05, 3.63) is 110 Å². The fraction of sp³-hybridized carbons (Fsp3) is 0.0667. The van der Waals surface area contributed by atoms with Gasteiger partial charge in [0.2, 0.25) is 0 Å². The summed E-state index contributed by atoms with van der Waals surface area (Å²) in [6.45, 7) is 9.96. The average molecular weight is 531 g/mol. The van der Waals surface area contributed by atoms with Gasteiger partial charge in [-0.1, -0.05) is 44.0 Å². The van der Waals surface area contributed by atoms with E-state index in [0.717, 1.165) is 18.2 Å². The van der Waals surface area contributed by atoms with Crippen LogP contribution < -0.4 is 18.9 Å². The predicted molar refractivity (Wildman–Crippen MR) is 140 cm³/mol. The van der Waals surface area contributed by atoms with Gasteiger partial charge in [-0.25, -0.2) is 18.8 Å². The van der Waals surface area contributed by atoms with Crippen LogP contribution in [0.25, 0.3) is 11.1 Å². The molecular formula is C30H23FO8. The molecule has 0 aromatic heterocycles. The zero-order chi connectivity index (χ0) is 28.4. The Morgan fingerprint density at radius 3 is 1.82 bits per heavy atom. The van der Waals surface area contributed by atoms with Gasteiger partial charge in [0, 0.05) is 24.6 Å². The summed E-state index contributed by atoms with van der Waals surface area (Å²) >= 11 is 0. The molecule has 0 heterocycles. The zero-order valence-electron chi connectivity index (χ0n) is 20.7. The van der Waals surface area contributed by atoms with Gasteiger partial charge >= 0.3 is 23.9 Å². The molecule has 0 saturated heterocycles. The van der Waals surface area contributed by atoms with Crippen LogP contribution in [0.4, 0.5) is 4.39 Å². The average Bonchev–Trinajstić information content (AvgIpc) is 2.94. The molecule has 0 radical (unpaired) electrons. The highest BCUT2D eigenvalue weighted by atomic mass is 19.1. The van der Waals surface area contributed by atoms with Crippen LogP contribution in [-0.4, -0.2) is 23.9 Å². The summed E-state index contributed by atoms with van der Waals surface area (Å²) in [6, 6.07) is 15.0. The van der Waals surface area contributed by atoms with Crippen LogP contribution >= 0.6 is 0 Å². The number of aryl methyl sites for hydroxylation is 1. The molecule has 0 bridgehead atoms. The first-order chi connectivity index (χ1) is 18.7. The predicted octanol–water partition coefficient (Wildman–Crippen LogP) is 5.31. The fourth-order valence-electron chi connectivity index (χ4n) is 3.23. The monoisotopic (exact) mass is 530 g/mol. The molecule has 3 aromatic rings. The molecule has 0 aliphatic heterocycles. The van der Waals surface area contributed by atoms with Crippen LogP contribution in [-0.2, 0) is 25.6 Å². The molecular weight excluding hydrogens is 507 g/mol. The van der Waals surface area contributed by atoms with Crippen LogP contribution in [0.5, 0.6) is 23.0 Å². The summed E-state index contributed by atoms with van der Waals surface area (Å²) in [7, 11) is 0. The third-order valence-corrected chi connectivity index (χ3v) is 5.11. The number of hydrogen-bond acceptors (Lipinski definition) is 8. The van der Waals surface area contributed by atoms with Crippen molar-refractivity contribution >= 4 is 23.9 Å². The van der Waals surface area contributed by atoms with E-state index >= 15 is 0 Å². The summed E-state index contributed by atoms with van der Waals surface area (Å²) in [6.07, 6.45) is 2.98. The van der Waals surface area contributed by atoms with E-state index in [2.05, 4.69) is 19.7 Å². The summed E-state index contributed by atoms with van der Waals surface area (Å²) in [4.78, 5) is 46.9. The molecule has 8 nitrogen and oxygen atoms in total. The Balaban J connectivity index is 1.64. The molecule has 0 fully saturated rings. The lowest BCUT2D eigenvalue weighted by atomic mass is 10.1. The Bertz CT molecular complexity index is 1440. The number of carbonyl (C=O) groups excluding carboxylic acids is 4. The van der Waals surface area contributed by atoms with Crippen LogP contribution in [0.3, 0.4) is 0 Å². The van der Waals surface area contributed by atoms with E-state index in [1.807, 2.05) is 0 Å². The van der Waals surface area contributed by atoms with E-state index in [1.54, 1.807) is 36.4 Å². The van der Waals surface area contributed by atoms with Gasteiger partial charge in [-0.3, -0.25) is 4.79 Å². The lowest BCUT2D eigenvalue weighted by molar-refractivity contribution is -0.134. The molecule has 0 saturated carbocycles. The minimum absolute atomic E-state index is 0.0176. The molecule has 0 amide bonds. The Hall–Kier alpha value is -5.31. The molecule has 198 valence electrons.